The molecule has 0 aliphatic carbocycles. The molecule has 0 amide bonds. The number of aromatic nitrogens is 3. The molecule has 2 heterocycles. The number of aliphatic imine (C=N–C) groups is 1. The molecule has 1 atom stereocenters. The zero-order chi connectivity index (χ0) is 16.8. The molecule has 2 N–H and O–H groups in total. The molecular weight excluding hydrogens is 307 g/mol. The summed E-state index contributed by atoms with van der Waals surface area (Å²) in [6.07, 6.45) is 5.31. The third-order valence-corrected chi connectivity index (χ3v) is 4.19. The van der Waals surface area contributed by atoms with Crippen molar-refractivity contribution in [3.05, 3.63) is 47.8 Å². The summed E-state index contributed by atoms with van der Waals surface area (Å²) in [5.41, 5.74) is 1.02. The molecule has 2 aromatic rings. The first-order chi connectivity index (χ1) is 11.7. The van der Waals surface area contributed by atoms with Crippen LogP contribution in [0.15, 0.2) is 35.6 Å². The van der Waals surface area contributed by atoms with Gasteiger partial charge in [-0.2, -0.15) is 5.10 Å². The lowest BCUT2D eigenvalue weighted by Crippen LogP contribution is -2.47. The lowest BCUT2D eigenvalue weighted by molar-refractivity contribution is 0.392. The van der Waals surface area contributed by atoms with Crippen LogP contribution < -0.4 is 10.6 Å². The second-order valence-corrected chi connectivity index (χ2v) is 5.97. The summed E-state index contributed by atoms with van der Waals surface area (Å²) in [7, 11) is 1.77. The van der Waals surface area contributed by atoms with E-state index in [9.17, 15) is 4.39 Å². The van der Waals surface area contributed by atoms with E-state index >= 15 is 0 Å². The van der Waals surface area contributed by atoms with Crippen LogP contribution in [0.2, 0.25) is 0 Å². The van der Waals surface area contributed by atoms with Crippen molar-refractivity contribution in [1.29, 1.82) is 0 Å². The molecule has 128 valence electrons. The maximum absolute atomic E-state index is 13.1. The van der Waals surface area contributed by atoms with Crippen molar-refractivity contribution in [3.8, 4) is 0 Å². The average molecular weight is 330 g/mol. The highest BCUT2D eigenvalue weighted by Crippen LogP contribution is 2.11. The molecule has 1 unspecified atom stereocenters. The van der Waals surface area contributed by atoms with Gasteiger partial charge in [0.1, 0.15) is 18.0 Å². The second kappa shape index (κ2) is 7.90. The maximum Gasteiger partial charge on any atom is 0.191 e. The molecule has 6 nitrogen and oxygen atoms in total. The highest BCUT2D eigenvalue weighted by Gasteiger charge is 2.20. The van der Waals surface area contributed by atoms with Gasteiger partial charge in [0.2, 0.25) is 0 Å². The number of hydrogen-bond acceptors (Lipinski definition) is 3. The Balaban J connectivity index is 1.41. The Morgan fingerprint density at radius 2 is 2.38 bits per heavy atom. The Morgan fingerprint density at radius 3 is 3.21 bits per heavy atom. The highest BCUT2D eigenvalue weighted by atomic mass is 19.1. The van der Waals surface area contributed by atoms with Crippen LogP contribution in [-0.2, 0) is 19.4 Å². The highest BCUT2D eigenvalue weighted by molar-refractivity contribution is 5.79. The molecule has 0 bridgehead atoms. The third kappa shape index (κ3) is 4.31. The van der Waals surface area contributed by atoms with Crippen LogP contribution in [0.3, 0.4) is 0 Å². The minimum Gasteiger partial charge on any atom is -0.356 e. The van der Waals surface area contributed by atoms with E-state index in [0.29, 0.717) is 6.04 Å². The Bertz CT molecular complexity index is 696. The zero-order valence-electron chi connectivity index (χ0n) is 13.9. The summed E-state index contributed by atoms with van der Waals surface area (Å²) in [6.45, 7) is 1.59. The van der Waals surface area contributed by atoms with Crippen molar-refractivity contribution in [1.82, 2.24) is 25.4 Å². The summed E-state index contributed by atoms with van der Waals surface area (Å²) in [5, 5.41) is 11.0. The summed E-state index contributed by atoms with van der Waals surface area (Å²) in [6, 6.07) is 7.06. The van der Waals surface area contributed by atoms with Crippen molar-refractivity contribution in [2.24, 2.45) is 4.99 Å². The Labute approximate surface area is 141 Å². The topological polar surface area (TPSA) is 67.1 Å². The van der Waals surface area contributed by atoms with Gasteiger partial charge in [-0.15, -0.1) is 0 Å². The second-order valence-electron chi connectivity index (χ2n) is 5.97. The van der Waals surface area contributed by atoms with E-state index in [4.69, 9.17) is 0 Å². The minimum absolute atomic E-state index is 0.178. The Kier molecular flexibility index (Phi) is 5.40. The molecule has 0 spiro atoms. The monoisotopic (exact) mass is 330 g/mol. The van der Waals surface area contributed by atoms with Gasteiger partial charge in [-0.3, -0.25) is 4.99 Å². The first kappa shape index (κ1) is 16.4. The standard InChI is InChI=1S/C17H23FN6/c1-19-17(20-9-3-5-13-4-2-6-14(18)10-13)23-15-7-8-16-21-12-22-24(16)11-15/h2,4,6,10,12,15H,3,5,7-9,11H2,1H3,(H2,19,20,23). The quantitative estimate of drug-likeness (QED) is 0.496. The first-order valence-electron chi connectivity index (χ1n) is 8.33. The van der Waals surface area contributed by atoms with Gasteiger partial charge < -0.3 is 10.6 Å². The molecule has 24 heavy (non-hydrogen) atoms. The van der Waals surface area contributed by atoms with E-state index in [1.54, 1.807) is 25.5 Å². The lowest BCUT2D eigenvalue weighted by atomic mass is 10.1. The fourth-order valence-corrected chi connectivity index (χ4v) is 2.94. The van der Waals surface area contributed by atoms with Crippen molar-refractivity contribution in [2.45, 2.75) is 38.3 Å². The number of benzene rings is 1. The number of fused-ring (bicyclic) bond motifs is 1. The summed E-state index contributed by atoms with van der Waals surface area (Å²) in [4.78, 5) is 8.51. The summed E-state index contributed by atoms with van der Waals surface area (Å²) < 4.78 is 15.1. The Morgan fingerprint density at radius 1 is 1.46 bits per heavy atom. The van der Waals surface area contributed by atoms with E-state index < -0.39 is 0 Å². The van der Waals surface area contributed by atoms with E-state index in [2.05, 4.69) is 25.7 Å². The molecular formula is C17H23FN6. The number of rotatable bonds is 5. The molecule has 1 aromatic carbocycles. The summed E-state index contributed by atoms with van der Waals surface area (Å²) in [5.74, 6) is 1.66. The van der Waals surface area contributed by atoms with Crippen LogP contribution >= 0.6 is 0 Å². The van der Waals surface area contributed by atoms with Crippen LogP contribution in [-0.4, -0.2) is 40.4 Å². The van der Waals surface area contributed by atoms with Crippen molar-refractivity contribution < 1.29 is 4.39 Å². The van der Waals surface area contributed by atoms with Crippen LogP contribution in [0.5, 0.6) is 0 Å². The molecule has 0 radical (unpaired) electrons. The Hall–Kier alpha value is -2.44. The van der Waals surface area contributed by atoms with E-state index in [1.165, 1.54) is 6.07 Å². The van der Waals surface area contributed by atoms with Crippen LogP contribution in [0.25, 0.3) is 0 Å². The summed E-state index contributed by atoms with van der Waals surface area (Å²) >= 11 is 0. The largest absolute Gasteiger partial charge is 0.356 e. The first-order valence-corrected chi connectivity index (χ1v) is 8.33. The number of nitrogens with zero attached hydrogens (tertiary/aromatic N) is 4. The molecule has 0 saturated heterocycles. The smallest absolute Gasteiger partial charge is 0.191 e. The molecule has 7 heteroatoms. The van der Waals surface area contributed by atoms with Gasteiger partial charge in [-0.05, 0) is 37.0 Å². The molecule has 1 aliphatic rings. The van der Waals surface area contributed by atoms with Crippen molar-refractivity contribution in [3.63, 3.8) is 0 Å². The van der Waals surface area contributed by atoms with Crippen LogP contribution in [0.4, 0.5) is 4.39 Å². The molecule has 0 saturated carbocycles. The van der Waals surface area contributed by atoms with Gasteiger partial charge in [0.25, 0.3) is 0 Å². The third-order valence-electron chi connectivity index (χ3n) is 4.19. The van der Waals surface area contributed by atoms with E-state index in [-0.39, 0.29) is 5.82 Å². The molecule has 3 rings (SSSR count). The molecule has 0 fully saturated rings. The van der Waals surface area contributed by atoms with Gasteiger partial charge in [0, 0.05) is 26.1 Å². The number of hydrogen-bond donors (Lipinski definition) is 2. The SMILES string of the molecule is CN=C(NCCCc1cccc(F)c1)NC1CCc2ncnn2C1. The number of guanidine groups is 1. The maximum atomic E-state index is 13.1. The van der Waals surface area contributed by atoms with Crippen LogP contribution in [0.1, 0.15) is 24.2 Å². The number of halogens is 1. The van der Waals surface area contributed by atoms with Crippen LogP contribution in [0, 0.1) is 5.82 Å². The predicted octanol–water partition coefficient (Wildman–Crippen LogP) is 1.53. The van der Waals surface area contributed by atoms with Gasteiger partial charge in [0.05, 0.1) is 6.54 Å². The number of aryl methyl sites for hydroxylation is 2. The van der Waals surface area contributed by atoms with E-state index in [0.717, 1.165) is 56.1 Å². The lowest BCUT2D eigenvalue weighted by Gasteiger charge is -2.25. The van der Waals surface area contributed by atoms with Gasteiger partial charge >= 0.3 is 0 Å². The predicted molar refractivity (Wildman–Crippen MR) is 91.3 cm³/mol. The van der Waals surface area contributed by atoms with Gasteiger partial charge in [-0.1, -0.05) is 12.1 Å². The molecule has 1 aromatic heterocycles. The van der Waals surface area contributed by atoms with E-state index in [1.807, 2.05) is 10.7 Å². The fraction of sp³-hybridized carbons (Fsp3) is 0.471. The average Bonchev–Trinajstić information content (AvgIpc) is 3.05. The van der Waals surface area contributed by atoms with Crippen molar-refractivity contribution >= 4 is 5.96 Å². The number of nitrogens with one attached hydrogen (secondary N) is 2. The fourth-order valence-electron chi connectivity index (χ4n) is 2.94. The molecule has 1 aliphatic heterocycles. The minimum atomic E-state index is -0.178. The zero-order valence-corrected chi connectivity index (χ0v) is 13.9. The van der Waals surface area contributed by atoms with Gasteiger partial charge in [0.15, 0.2) is 5.96 Å². The normalized spacial score (nSPS) is 17.4. The van der Waals surface area contributed by atoms with Gasteiger partial charge in [-0.25, -0.2) is 14.1 Å². The van der Waals surface area contributed by atoms with Crippen molar-refractivity contribution in [2.75, 3.05) is 13.6 Å².